The molecule has 0 bridgehead atoms. The van der Waals surface area contributed by atoms with Crippen molar-refractivity contribution in [3.8, 4) is 0 Å². The predicted molar refractivity (Wildman–Crippen MR) is 95.5 cm³/mol. The molecule has 1 aromatic carbocycles. The lowest BCUT2D eigenvalue weighted by molar-refractivity contribution is -0.121. The van der Waals surface area contributed by atoms with Crippen LogP contribution in [0.25, 0.3) is 0 Å². The lowest BCUT2D eigenvalue weighted by atomic mass is 9.73. The summed E-state index contributed by atoms with van der Waals surface area (Å²) < 4.78 is 7.64. The first-order valence-electron chi connectivity index (χ1n) is 8.30. The van der Waals surface area contributed by atoms with Crippen molar-refractivity contribution in [3.63, 3.8) is 0 Å². The Labute approximate surface area is 142 Å². The number of nitrogens with one attached hydrogen (secondary N) is 1. The number of rotatable bonds is 3. The maximum absolute atomic E-state index is 6.27. The first-order valence-corrected chi connectivity index (χ1v) is 9.38. The first kappa shape index (κ1) is 15.8. The van der Waals surface area contributed by atoms with Gasteiger partial charge in [0.05, 0.1) is 5.60 Å². The molecule has 116 valence electrons. The monoisotopic (exact) mass is 399 g/mol. The van der Waals surface area contributed by atoms with Gasteiger partial charge in [-0.3, -0.25) is 0 Å². The van der Waals surface area contributed by atoms with Crippen molar-refractivity contribution in [2.45, 2.75) is 56.6 Å². The Morgan fingerprint density at radius 3 is 2.71 bits per heavy atom. The normalized spacial score (nSPS) is 26.7. The van der Waals surface area contributed by atoms with Crippen LogP contribution in [0.15, 0.2) is 24.3 Å². The van der Waals surface area contributed by atoms with E-state index < -0.39 is 0 Å². The van der Waals surface area contributed by atoms with Gasteiger partial charge in [0.15, 0.2) is 0 Å². The molecule has 2 aliphatic rings. The molecule has 1 aromatic rings. The number of halogens is 1. The summed E-state index contributed by atoms with van der Waals surface area (Å²) in [4.78, 5) is 0. The summed E-state index contributed by atoms with van der Waals surface area (Å²) in [6.07, 6.45) is 9.03. The molecule has 1 aliphatic carbocycles. The van der Waals surface area contributed by atoms with E-state index in [2.05, 4.69) is 59.2 Å². The minimum Gasteiger partial charge on any atom is -0.375 e. The summed E-state index contributed by atoms with van der Waals surface area (Å²) >= 11 is 2.47. The summed E-state index contributed by atoms with van der Waals surface area (Å²) in [5.74, 6) is 0.692. The molecule has 2 unspecified atom stereocenters. The Balaban J connectivity index is 1.79. The van der Waals surface area contributed by atoms with Gasteiger partial charge < -0.3 is 10.1 Å². The summed E-state index contributed by atoms with van der Waals surface area (Å²) in [5.41, 5.74) is 1.65. The molecule has 3 rings (SSSR count). The van der Waals surface area contributed by atoms with Gasteiger partial charge in [0, 0.05) is 16.2 Å². The second-order valence-electron chi connectivity index (χ2n) is 6.63. The molecule has 0 amide bonds. The van der Waals surface area contributed by atoms with Crippen LogP contribution < -0.4 is 5.32 Å². The zero-order chi connectivity index (χ0) is 14.7. The van der Waals surface area contributed by atoms with Gasteiger partial charge >= 0.3 is 0 Å². The number of hydrogen-bond acceptors (Lipinski definition) is 2. The molecule has 1 aliphatic heterocycles. The van der Waals surface area contributed by atoms with Crippen molar-refractivity contribution in [1.82, 2.24) is 5.32 Å². The zero-order valence-electron chi connectivity index (χ0n) is 12.9. The molecule has 1 spiro atoms. The van der Waals surface area contributed by atoms with E-state index >= 15 is 0 Å². The number of hydrogen-bond donors (Lipinski definition) is 1. The van der Waals surface area contributed by atoms with Crippen LogP contribution in [0.1, 0.15) is 56.6 Å². The standard InChI is InChI=1S/C18H26INO/c1-20-17(15-7-3-4-8-16(15)19)14-9-12-21-18(13-14)10-5-2-6-11-18/h3-4,7-8,14,17,20H,2,5-6,9-13H2,1H3. The Kier molecular flexibility index (Phi) is 5.23. The molecule has 0 aromatic heterocycles. The van der Waals surface area contributed by atoms with Crippen LogP contribution >= 0.6 is 22.6 Å². The molecule has 0 radical (unpaired) electrons. The molecule has 21 heavy (non-hydrogen) atoms. The van der Waals surface area contributed by atoms with E-state index in [1.54, 1.807) is 0 Å². The Hall–Kier alpha value is -0.130. The van der Waals surface area contributed by atoms with E-state index in [-0.39, 0.29) is 5.60 Å². The molecule has 1 heterocycles. The van der Waals surface area contributed by atoms with E-state index in [9.17, 15) is 0 Å². The first-order chi connectivity index (χ1) is 10.2. The van der Waals surface area contributed by atoms with E-state index in [4.69, 9.17) is 4.74 Å². The lowest BCUT2D eigenvalue weighted by Crippen LogP contribution is -2.44. The third-order valence-corrected chi connectivity index (χ3v) is 6.30. The van der Waals surface area contributed by atoms with Crippen LogP contribution in [-0.2, 0) is 4.74 Å². The molecular formula is C18H26INO. The number of benzene rings is 1. The minimum absolute atomic E-state index is 0.191. The van der Waals surface area contributed by atoms with E-state index in [1.165, 1.54) is 54.1 Å². The van der Waals surface area contributed by atoms with Gasteiger partial charge in [-0.15, -0.1) is 0 Å². The van der Waals surface area contributed by atoms with E-state index in [0.717, 1.165) is 6.61 Å². The molecular weight excluding hydrogens is 373 g/mol. The molecule has 1 saturated heterocycles. The molecule has 1 N–H and O–H groups in total. The fraction of sp³-hybridized carbons (Fsp3) is 0.667. The minimum atomic E-state index is 0.191. The van der Waals surface area contributed by atoms with Gasteiger partial charge in [-0.05, 0) is 72.9 Å². The third kappa shape index (κ3) is 3.45. The molecule has 2 nitrogen and oxygen atoms in total. The summed E-state index contributed by atoms with van der Waals surface area (Å²) in [5, 5.41) is 3.59. The van der Waals surface area contributed by atoms with Gasteiger partial charge in [0.25, 0.3) is 0 Å². The Bertz CT molecular complexity index is 465. The van der Waals surface area contributed by atoms with Crippen molar-refractivity contribution in [1.29, 1.82) is 0 Å². The van der Waals surface area contributed by atoms with Crippen LogP contribution in [0.4, 0.5) is 0 Å². The number of ether oxygens (including phenoxy) is 1. The highest BCUT2D eigenvalue weighted by molar-refractivity contribution is 14.1. The van der Waals surface area contributed by atoms with Crippen molar-refractivity contribution in [3.05, 3.63) is 33.4 Å². The highest BCUT2D eigenvalue weighted by Gasteiger charge is 2.41. The van der Waals surface area contributed by atoms with Gasteiger partial charge in [0.1, 0.15) is 0 Å². The molecule has 2 atom stereocenters. The fourth-order valence-electron chi connectivity index (χ4n) is 4.27. The average molecular weight is 399 g/mol. The lowest BCUT2D eigenvalue weighted by Gasteiger charge is -2.45. The average Bonchev–Trinajstić information content (AvgIpc) is 2.51. The van der Waals surface area contributed by atoms with Gasteiger partial charge in [-0.2, -0.15) is 0 Å². The van der Waals surface area contributed by atoms with Gasteiger partial charge in [-0.1, -0.05) is 37.5 Å². The van der Waals surface area contributed by atoms with E-state index in [1.807, 2.05) is 0 Å². The zero-order valence-corrected chi connectivity index (χ0v) is 15.1. The molecule has 2 fully saturated rings. The second kappa shape index (κ2) is 6.97. The highest BCUT2D eigenvalue weighted by Crippen LogP contribution is 2.44. The smallest absolute Gasteiger partial charge is 0.0686 e. The van der Waals surface area contributed by atoms with Crippen LogP contribution in [0.3, 0.4) is 0 Å². The largest absolute Gasteiger partial charge is 0.375 e. The van der Waals surface area contributed by atoms with Gasteiger partial charge in [-0.25, -0.2) is 0 Å². The second-order valence-corrected chi connectivity index (χ2v) is 7.80. The van der Waals surface area contributed by atoms with Crippen molar-refractivity contribution < 1.29 is 4.74 Å². The fourth-order valence-corrected chi connectivity index (χ4v) is 4.99. The topological polar surface area (TPSA) is 21.3 Å². The quantitative estimate of drug-likeness (QED) is 0.746. The van der Waals surface area contributed by atoms with E-state index in [0.29, 0.717) is 12.0 Å². The highest BCUT2D eigenvalue weighted by atomic mass is 127. The SMILES string of the molecule is CNC(c1ccccc1I)C1CCOC2(CCCCC2)C1. The van der Waals surface area contributed by atoms with Crippen LogP contribution in [-0.4, -0.2) is 19.3 Å². The summed E-state index contributed by atoms with van der Waals surface area (Å²) in [6.45, 7) is 0.937. The van der Waals surface area contributed by atoms with Crippen LogP contribution in [0, 0.1) is 9.49 Å². The maximum atomic E-state index is 6.27. The summed E-state index contributed by atoms with van der Waals surface area (Å²) in [6, 6.07) is 9.25. The van der Waals surface area contributed by atoms with Crippen molar-refractivity contribution >= 4 is 22.6 Å². The third-order valence-electron chi connectivity index (χ3n) is 5.32. The molecule has 3 heteroatoms. The van der Waals surface area contributed by atoms with Gasteiger partial charge in [0.2, 0.25) is 0 Å². The van der Waals surface area contributed by atoms with Crippen molar-refractivity contribution in [2.24, 2.45) is 5.92 Å². The Morgan fingerprint density at radius 2 is 2.00 bits per heavy atom. The van der Waals surface area contributed by atoms with Crippen molar-refractivity contribution in [2.75, 3.05) is 13.7 Å². The Morgan fingerprint density at radius 1 is 1.24 bits per heavy atom. The predicted octanol–water partition coefficient (Wildman–Crippen LogP) is 4.68. The van der Waals surface area contributed by atoms with Crippen LogP contribution in [0.5, 0.6) is 0 Å². The van der Waals surface area contributed by atoms with Crippen LogP contribution in [0.2, 0.25) is 0 Å². The maximum Gasteiger partial charge on any atom is 0.0686 e. The molecule has 1 saturated carbocycles. The summed E-state index contributed by atoms with van der Waals surface area (Å²) in [7, 11) is 2.11.